The normalized spacial score (nSPS) is 12.4. The lowest BCUT2D eigenvalue weighted by Gasteiger charge is -2.06. The van der Waals surface area contributed by atoms with E-state index in [1.165, 1.54) is 54.4 Å². The lowest BCUT2D eigenvalue weighted by atomic mass is 9.99. The molecule has 0 spiro atoms. The van der Waals surface area contributed by atoms with Crippen molar-refractivity contribution in [3.63, 3.8) is 0 Å². The van der Waals surface area contributed by atoms with Gasteiger partial charge >= 0.3 is 0 Å². The second-order valence-electron chi connectivity index (χ2n) is 6.67. The minimum absolute atomic E-state index is 1.30. The largest absolute Gasteiger partial charge is 0.308 e. The smallest absolute Gasteiger partial charge is 0.0620 e. The molecule has 4 aromatic carbocycles. The topological polar surface area (TPSA) is 4.41 Å². The lowest BCUT2D eigenvalue weighted by molar-refractivity contribution is 1.37. The zero-order chi connectivity index (χ0) is 15.8. The molecule has 0 saturated carbocycles. The van der Waals surface area contributed by atoms with Crippen LogP contribution in [0.5, 0.6) is 0 Å². The molecule has 24 heavy (non-hydrogen) atoms. The second-order valence-corrected chi connectivity index (χ2v) is 6.67. The number of hydrogen-bond donors (Lipinski definition) is 0. The summed E-state index contributed by atoms with van der Waals surface area (Å²) in [4.78, 5) is 0. The highest BCUT2D eigenvalue weighted by molar-refractivity contribution is 6.25. The summed E-state index contributed by atoms with van der Waals surface area (Å²) < 4.78 is 2.45. The molecule has 0 aliphatic carbocycles. The van der Waals surface area contributed by atoms with Crippen molar-refractivity contribution in [2.45, 2.75) is 6.92 Å². The first-order valence-corrected chi connectivity index (χ1v) is 8.40. The van der Waals surface area contributed by atoms with Crippen molar-refractivity contribution in [2.75, 3.05) is 0 Å². The molecule has 0 bridgehead atoms. The van der Waals surface area contributed by atoms with E-state index >= 15 is 0 Å². The van der Waals surface area contributed by atoms with Crippen molar-refractivity contribution in [1.29, 1.82) is 0 Å². The Labute approximate surface area is 139 Å². The van der Waals surface area contributed by atoms with E-state index in [9.17, 15) is 0 Å². The van der Waals surface area contributed by atoms with Gasteiger partial charge in [-0.25, -0.2) is 0 Å². The Kier molecular flexibility index (Phi) is 2.10. The van der Waals surface area contributed by atoms with Gasteiger partial charge in [-0.15, -0.1) is 0 Å². The fourth-order valence-electron chi connectivity index (χ4n) is 4.50. The zero-order valence-corrected chi connectivity index (χ0v) is 13.4. The summed E-state index contributed by atoms with van der Waals surface area (Å²) in [5.41, 5.74) is 5.35. The van der Waals surface area contributed by atoms with Crippen LogP contribution in [0.1, 0.15) is 5.56 Å². The number of fused-ring (bicyclic) bond motifs is 7. The van der Waals surface area contributed by atoms with E-state index in [-0.39, 0.29) is 0 Å². The Morgan fingerprint density at radius 3 is 2.25 bits per heavy atom. The van der Waals surface area contributed by atoms with Crippen molar-refractivity contribution >= 4 is 48.9 Å². The maximum atomic E-state index is 2.45. The average molecular weight is 305 g/mol. The van der Waals surface area contributed by atoms with E-state index in [0.717, 1.165) is 0 Å². The van der Waals surface area contributed by atoms with E-state index in [1.807, 2.05) is 0 Å². The van der Waals surface area contributed by atoms with Gasteiger partial charge in [0.05, 0.1) is 16.6 Å². The lowest BCUT2D eigenvalue weighted by Crippen LogP contribution is -1.84. The van der Waals surface area contributed by atoms with Crippen molar-refractivity contribution in [2.24, 2.45) is 0 Å². The zero-order valence-electron chi connectivity index (χ0n) is 13.4. The van der Waals surface area contributed by atoms with Gasteiger partial charge in [-0.1, -0.05) is 60.7 Å². The van der Waals surface area contributed by atoms with Gasteiger partial charge in [-0.05, 0) is 35.4 Å². The van der Waals surface area contributed by atoms with Gasteiger partial charge in [0.25, 0.3) is 0 Å². The van der Waals surface area contributed by atoms with Gasteiger partial charge in [0, 0.05) is 21.5 Å². The van der Waals surface area contributed by atoms with Crippen molar-refractivity contribution in [3.8, 4) is 0 Å². The molecule has 6 aromatic rings. The molecule has 112 valence electrons. The van der Waals surface area contributed by atoms with Gasteiger partial charge < -0.3 is 4.40 Å². The molecule has 2 heterocycles. The highest BCUT2D eigenvalue weighted by atomic mass is 14.9. The maximum Gasteiger partial charge on any atom is 0.0620 e. The number of rotatable bonds is 0. The molecule has 0 saturated heterocycles. The molecule has 0 fully saturated rings. The molecule has 0 aliphatic rings. The van der Waals surface area contributed by atoms with Crippen LogP contribution < -0.4 is 0 Å². The summed E-state index contributed by atoms with van der Waals surface area (Å²) in [5, 5.41) is 8.10. The standard InChI is InChI=1S/C23H15N/c1-14-16-8-3-2-7-15(16)13-21-22(14)19-11-6-10-18-17-9-4-5-12-20(17)24(21)23(18)19/h2-13H,1H3. The second kappa shape index (κ2) is 4.07. The van der Waals surface area contributed by atoms with Crippen LogP contribution in [0.15, 0.2) is 72.8 Å². The predicted molar refractivity (Wildman–Crippen MR) is 103 cm³/mol. The summed E-state index contributed by atoms with van der Waals surface area (Å²) in [7, 11) is 0. The van der Waals surface area contributed by atoms with Gasteiger partial charge in [0.15, 0.2) is 0 Å². The molecule has 0 radical (unpaired) electrons. The van der Waals surface area contributed by atoms with E-state index in [2.05, 4.69) is 84.1 Å². The molecule has 6 rings (SSSR count). The van der Waals surface area contributed by atoms with Crippen molar-refractivity contribution in [1.82, 2.24) is 4.40 Å². The first-order chi connectivity index (χ1) is 11.8. The molecular weight excluding hydrogens is 290 g/mol. The summed E-state index contributed by atoms with van der Waals surface area (Å²) in [6.45, 7) is 2.26. The van der Waals surface area contributed by atoms with Crippen LogP contribution in [-0.4, -0.2) is 4.40 Å². The Hall–Kier alpha value is -3.06. The fraction of sp³-hybridized carbons (Fsp3) is 0.0435. The summed E-state index contributed by atoms with van der Waals surface area (Å²) in [6.07, 6.45) is 0. The number of hydrogen-bond acceptors (Lipinski definition) is 0. The van der Waals surface area contributed by atoms with Gasteiger partial charge in [-0.2, -0.15) is 0 Å². The molecule has 0 unspecified atom stereocenters. The highest BCUT2D eigenvalue weighted by Crippen LogP contribution is 2.41. The minimum atomic E-state index is 1.30. The van der Waals surface area contributed by atoms with E-state index in [4.69, 9.17) is 0 Å². The van der Waals surface area contributed by atoms with E-state index < -0.39 is 0 Å². The van der Waals surface area contributed by atoms with Crippen LogP contribution in [0, 0.1) is 6.92 Å². The molecule has 0 aliphatic heterocycles. The quantitative estimate of drug-likeness (QED) is 0.310. The third-order valence-electron chi connectivity index (χ3n) is 5.49. The monoisotopic (exact) mass is 305 g/mol. The Bertz CT molecular complexity index is 1400. The third kappa shape index (κ3) is 1.28. The van der Waals surface area contributed by atoms with Crippen LogP contribution >= 0.6 is 0 Å². The summed E-state index contributed by atoms with van der Waals surface area (Å²) in [5.74, 6) is 0. The number of aryl methyl sites for hydroxylation is 1. The Morgan fingerprint density at radius 1 is 0.625 bits per heavy atom. The van der Waals surface area contributed by atoms with Crippen LogP contribution in [0.3, 0.4) is 0 Å². The molecule has 1 heteroatoms. The third-order valence-corrected chi connectivity index (χ3v) is 5.49. The van der Waals surface area contributed by atoms with Crippen LogP contribution in [0.2, 0.25) is 0 Å². The number of nitrogens with zero attached hydrogens (tertiary/aromatic N) is 1. The maximum absolute atomic E-state index is 2.45. The van der Waals surface area contributed by atoms with Crippen LogP contribution in [-0.2, 0) is 0 Å². The fourth-order valence-corrected chi connectivity index (χ4v) is 4.50. The Morgan fingerprint density at radius 2 is 1.33 bits per heavy atom. The van der Waals surface area contributed by atoms with Gasteiger partial charge in [-0.3, -0.25) is 0 Å². The number of benzene rings is 4. The molecule has 2 aromatic heterocycles. The highest BCUT2D eigenvalue weighted by Gasteiger charge is 2.18. The van der Waals surface area contributed by atoms with Crippen LogP contribution in [0.4, 0.5) is 0 Å². The average Bonchev–Trinajstić information content (AvgIpc) is 3.14. The van der Waals surface area contributed by atoms with Crippen LogP contribution in [0.25, 0.3) is 48.9 Å². The summed E-state index contributed by atoms with van der Waals surface area (Å²) in [6, 6.07) is 26.5. The molecule has 0 atom stereocenters. The SMILES string of the molecule is Cc1c2ccccc2cc2c1c1cccc3c4ccccc4n2c31. The number of aromatic nitrogens is 1. The number of para-hydroxylation sites is 2. The summed E-state index contributed by atoms with van der Waals surface area (Å²) >= 11 is 0. The first-order valence-electron chi connectivity index (χ1n) is 8.40. The van der Waals surface area contributed by atoms with E-state index in [1.54, 1.807) is 0 Å². The molecule has 0 N–H and O–H groups in total. The van der Waals surface area contributed by atoms with Gasteiger partial charge in [0.2, 0.25) is 0 Å². The molecule has 1 nitrogen and oxygen atoms in total. The molecular formula is C23H15N. The molecule has 0 amide bonds. The van der Waals surface area contributed by atoms with Crippen molar-refractivity contribution in [3.05, 3.63) is 78.4 Å². The van der Waals surface area contributed by atoms with Gasteiger partial charge in [0.1, 0.15) is 0 Å². The Balaban J connectivity index is 2.06. The predicted octanol–water partition coefficient (Wildman–Crippen LogP) is 6.30. The minimum Gasteiger partial charge on any atom is -0.308 e. The van der Waals surface area contributed by atoms with E-state index in [0.29, 0.717) is 0 Å². The first kappa shape index (κ1) is 12.4. The van der Waals surface area contributed by atoms with Crippen molar-refractivity contribution < 1.29 is 0 Å².